The lowest BCUT2D eigenvalue weighted by molar-refractivity contribution is -0.209. The fourth-order valence-electron chi connectivity index (χ4n) is 2.47. The summed E-state index contributed by atoms with van der Waals surface area (Å²) in [5.41, 5.74) is 9.28. The van der Waals surface area contributed by atoms with Crippen LogP contribution in [0.5, 0.6) is 0 Å². The maximum absolute atomic E-state index is 12.7. The van der Waals surface area contributed by atoms with Crippen LogP contribution in [0.25, 0.3) is 10.4 Å². The number of azide groups is 1. The normalized spacial score (nSPS) is 17.1. The van der Waals surface area contributed by atoms with E-state index in [2.05, 4.69) is 10.0 Å². The molecular formula is C13H15ClN4O4. The van der Waals surface area contributed by atoms with Crippen molar-refractivity contribution in [1.82, 2.24) is 0 Å². The SMILES string of the molecule is COC1(OC)C(=O)N(CC(O)CN=[N+]=[N-])c2ccc(Cl)cc21. The third kappa shape index (κ3) is 2.63. The van der Waals surface area contributed by atoms with Crippen molar-refractivity contribution < 1.29 is 19.4 Å². The molecule has 8 nitrogen and oxygen atoms in total. The highest BCUT2D eigenvalue weighted by Gasteiger charge is 2.52. The van der Waals surface area contributed by atoms with Crippen LogP contribution in [0.4, 0.5) is 5.69 Å². The highest BCUT2D eigenvalue weighted by atomic mass is 35.5. The van der Waals surface area contributed by atoms with Crippen LogP contribution >= 0.6 is 11.6 Å². The van der Waals surface area contributed by atoms with Gasteiger partial charge in [-0.05, 0) is 23.7 Å². The van der Waals surface area contributed by atoms with Crippen LogP contribution in [-0.2, 0) is 20.1 Å². The Morgan fingerprint density at radius 2 is 2.18 bits per heavy atom. The second-order valence-electron chi connectivity index (χ2n) is 4.67. The highest BCUT2D eigenvalue weighted by molar-refractivity contribution is 6.31. The van der Waals surface area contributed by atoms with Gasteiger partial charge >= 0.3 is 0 Å². The molecule has 22 heavy (non-hydrogen) atoms. The quantitative estimate of drug-likeness (QED) is 0.372. The number of hydrogen-bond donors (Lipinski definition) is 1. The third-order valence-electron chi connectivity index (χ3n) is 3.45. The van der Waals surface area contributed by atoms with Gasteiger partial charge in [0.05, 0.1) is 24.9 Å². The predicted molar refractivity (Wildman–Crippen MR) is 79.5 cm³/mol. The molecule has 0 radical (unpaired) electrons. The largest absolute Gasteiger partial charge is 0.391 e. The van der Waals surface area contributed by atoms with Gasteiger partial charge in [0.25, 0.3) is 11.7 Å². The number of amides is 1. The molecule has 0 aromatic heterocycles. The van der Waals surface area contributed by atoms with Crippen LogP contribution in [0.3, 0.4) is 0 Å². The lowest BCUT2D eigenvalue weighted by atomic mass is 10.1. The first-order chi connectivity index (χ1) is 10.5. The first-order valence-electron chi connectivity index (χ1n) is 6.41. The van der Waals surface area contributed by atoms with Gasteiger partial charge in [-0.2, -0.15) is 0 Å². The summed E-state index contributed by atoms with van der Waals surface area (Å²) in [5, 5.41) is 13.6. The van der Waals surface area contributed by atoms with Crippen molar-refractivity contribution in [1.29, 1.82) is 0 Å². The molecule has 1 N–H and O–H groups in total. The standard InChI is InChI=1S/C13H15ClN4O4/c1-21-13(22-2)10-5-8(14)3-4-11(10)18(12(13)20)7-9(19)6-16-17-15/h3-5,9,19H,6-7H2,1-2H3. The lowest BCUT2D eigenvalue weighted by Gasteiger charge is -2.26. The molecule has 1 unspecified atom stereocenters. The Labute approximate surface area is 131 Å². The van der Waals surface area contributed by atoms with E-state index in [1.54, 1.807) is 18.2 Å². The zero-order valence-electron chi connectivity index (χ0n) is 12.1. The van der Waals surface area contributed by atoms with Crippen LogP contribution in [-0.4, -0.2) is 44.4 Å². The number of anilines is 1. The minimum absolute atomic E-state index is 0.0546. The Morgan fingerprint density at radius 3 is 2.77 bits per heavy atom. The van der Waals surface area contributed by atoms with Crippen LogP contribution in [0.1, 0.15) is 5.56 Å². The van der Waals surface area contributed by atoms with Crippen LogP contribution < -0.4 is 4.90 Å². The monoisotopic (exact) mass is 326 g/mol. The summed E-state index contributed by atoms with van der Waals surface area (Å²) >= 11 is 5.99. The topological polar surface area (TPSA) is 108 Å². The number of carbonyl (C=O) groups excluding carboxylic acids is 1. The molecule has 0 saturated heterocycles. The zero-order valence-corrected chi connectivity index (χ0v) is 12.8. The van der Waals surface area contributed by atoms with E-state index in [0.717, 1.165) is 0 Å². The number of halogens is 1. The van der Waals surface area contributed by atoms with Crippen molar-refractivity contribution in [3.63, 3.8) is 0 Å². The van der Waals surface area contributed by atoms with Gasteiger partial charge in [0.15, 0.2) is 0 Å². The number of nitrogens with zero attached hydrogens (tertiary/aromatic N) is 4. The van der Waals surface area contributed by atoms with Crippen molar-refractivity contribution in [2.24, 2.45) is 5.11 Å². The Bertz CT molecular complexity index is 628. The minimum Gasteiger partial charge on any atom is -0.391 e. The summed E-state index contributed by atoms with van der Waals surface area (Å²) in [6.07, 6.45) is -1.01. The Hall–Kier alpha value is -1.83. The molecule has 0 spiro atoms. The molecule has 0 aliphatic carbocycles. The van der Waals surface area contributed by atoms with E-state index in [4.69, 9.17) is 26.6 Å². The molecule has 1 amide bonds. The molecule has 1 aromatic rings. The number of aliphatic hydroxyl groups excluding tert-OH is 1. The first kappa shape index (κ1) is 16.5. The number of rotatable bonds is 6. The summed E-state index contributed by atoms with van der Waals surface area (Å²) in [6.45, 7) is -0.197. The minimum atomic E-state index is -1.60. The van der Waals surface area contributed by atoms with Crippen molar-refractivity contribution >= 4 is 23.2 Å². The molecule has 2 rings (SSSR count). The molecule has 118 valence electrons. The molecular weight excluding hydrogens is 312 g/mol. The van der Waals surface area contributed by atoms with Crippen molar-refractivity contribution in [3.8, 4) is 0 Å². The Kier molecular flexibility index (Phi) is 4.90. The van der Waals surface area contributed by atoms with Crippen LogP contribution in [0.15, 0.2) is 23.3 Å². The number of β-amino-alcohol motifs (C(OH)–C–C–N with tert-alkyl or cyclic N) is 1. The Morgan fingerprint density at radius 1 is 1.50 bits per heavy atom. The van der Waals surface area contributed by atoms with E-state index in [1.165, 1.54) is 19.1 Å². The fourth-order valence-corrected chi connectivity index (χ4v) is 2.64. The number of benzene rings is 1. The number of hydrogen-bond acceptors (Lipinski definition) is 5. The fraction of sp³-hybridized carbons (Fsp3) is 0.462. The molecule has 1 atom stereocenters. The number of carbonyl (C=O) groups is 1. The van der Waals surface area contributed by atoms with Gasteiger partial charge in [0.1, 0.15) is 0 Å². The highest BCUT2D eigenvalue weighted by Crippen LogP contribution is 2.44. The van der Waals surface area contributed by atoms with E-state index < -0.39 is 17.8 Å². The molecule has 1 heterocycles. The van der Waals surface area contributed by atoms with E-state index in [1.807, 2.05) is 0 Å². The van der Waals surface area contributed by atoms with Gasteiger partial charge in [-0.3, -0.25) is 4.79 Å². The third-order valence-corrected chi connectivity index (χ3v) is 3.69. The predicted octanol–water partition coefficient (Wildman–Crippen LogP) is 1.80. The molecule has 0 bridgehead atoms. The van der Waals surface area contributed by atoms with E-state index >= 15 is 0 Å². The maximum Gasteiger partial charge on any atom is 0.292 e. The van der Waals surface area contributed by atoms with Crippen molar-refractivity contribution in [2.45, 2.75) is 11.9 Å². The van der Waals surface area contributed by atoms with Crippen LogP contribution in [0.2, 0.25) is 5.02 Å². The van der Waals surface area contributed by atoms with Gasteiger partial charge in [0, 0.05) is 29.7 Å². The summed E-state index contributed by atoms with van der Waals surface area (Å²) < 4.78 is 10.6. The molecule has 0 fully saturated rings. The average Bonchev–Trinajstić information content (AvgIpc) is 2.74. The van der Waals surface area contributed by atoms with Gasteiger partial charge in [-0.1, -0.05) is 16.7 Å². The summed E-state index contributed by atoms with van der Waals surface area (Å²) in [4.78, 5) is 16.6. The molecule has 0 saturated carbocycles. The van der Waals surface area contributed by atoms with Gasteiger partial charge in [0.2, 0.25) is 0 Å². The maximum atomic E-state index is 12.7. The summed E-state index contributed by atoms with van der Waals surface area (Å²) in [5.74, 6) is -2.08. The average molecular weight is 327 g/mol. The van der Waals surface area contributed by atoms with E-state index in [-0.39, 0.29) is 13.1 Å². The van der Waals surface area contributed by atoms with Crippen molar-refractivity contribution in [3.05, 3.63) is 39.2 Å². The number of ether oxygens (including phenoxy) is 2. The van der Waals surface area contributed by atoms with Gasteiger partial charge in [-0.15, -0.1) is 0 Å². The van der Waals surface area contributed by atoms with E-state index in [0.29, 0.717) is 16.3 Å². The second-order valence-corrected chi connectivity index (χ2v) is 5.11. The van der Waals surface area contributed by atoms with Gasteiger partial charge in [-0.25, -0.2) is 0 Å². The second kappa shape index (κ2) is 6.51. The summed E-state index contributed by atoms with van der Waals surface area (Å²) in [7, 11) is 2.71. The number of aliphatic hydroxyl groups is 1. The number of fused-ring (bicyclic) bond motifs is 1. The molecule has 1 aromatic carbocycles. The lowest BCUT2D eigenvalue weighted by Crippen LogP contribution is -2.45. The van der Waals surface area contributed by atoms with E-state index in [9.17, 15) is 9.90 Å². The van der Waals surface area contributed by atoms with Gasteiger partial charge < -0.3 is 19.5 Å². The molecule has 1 aliphatic rings. The summed E-state index contributed by atoms with van der Waals surface area (Å²) in [6, 6.07) is 4.86. The Balaban J connectivity index is 2.41. The first-order valence-corrected chi connectivity index (χ1v) is 6.79. The molecule has 1 aliphatic heterocycles. The zero-order chi connectivity index (χ0) is 16.3. The molecule has 9 heteroatoms. The smallest absolute Gasteiger partial charge is 0.292 e. The van der Waals surface area contributed by atoms with Crippen LogP contribution in [0, 0.1) is 0 Å². The number of methoxy groups -OCH3 is 2. The van der Waals surface area contributed by atoms with Crippen molar-refractivity contribution in [2.75, 3.05) is 32.2 Å².